The maximum Gasteiger partial charge on any atom is 0.249 e. The number of amides is 1. The van der Waals surface area contributed by atoms with E-state index in [-0.39, 0.29) is 5.91 Å². The number of piperidine rings is 1. The van der Waals surface area contributed by atoms with Crippen molar-refractivity contribution < 1.29 is 14.3 Å². The molecule has 0 atom stereocenters. The molecule has 1 aliphatic rings. The Morgan fingerprint density at radius 3 is 2.31 bits per heavy atom. The number of hydrogen-bond donors (Lipinski definition) is 0. The van der Waals surface area contributed by atoms with Crippen LogP contribution < -0.4 is 9.47 Å². The van der Waals surface area contributed by atoms with Crippen molar-refractivity contribution in [2.24, 2.45) is 0 Å². The summed E-state index contributed by atoms with van der Waals surface area (Å²) in [5.41, 5.74) is 3.91. The van der Waals surface area contributed by atoms with Crippen molar-refractivity contribution in [2.45, 2.75) is 32.6 Å². The lowest BCUT2D eigenvalue weighted by molar-refractivity contribution is -0.128. The van der Waals surface area contributed by atoms with Gasteiger partial charge in [0, 0.05) is 29.2 Å². The van der Waals surface area contributed by atoms with Gasteiger partial charge in [0.1, 0.15) is 11.5 Å². The van der Waals surface area contributed by atoms with E-state index in [0.717, 1.165) is 46.6 Å². The summed E-state index contributed by atoms with van der Waals surface area (Å²) in [7, 11) is 3.37. The maximum absolute atomic E-state index is 13.0. The van der Waals surface area contributed by atoms with Gasteiger partial charge in [0.05, 0.1) is 14.2 Å². The average Bonchev–Trinajstić information content (AvgIpc) is 2.75. The third-order valence-corrected chi connectivity index (χ3v) is 5.84. The smallest absolute Gasteiger partial charge is 0.249 e. The molecule has 0 aliphatic carbocycles. The van der Waals surface area contributed by atoms with Gasteiger partial charge in [0.2, 0.25) is 5.91 Å². The number of halogens is 1. The van der Waals surface area contributed by atoms with Crippen LogP contribution >= 0.6 is 11.6 Å². The van der Waals surface area contributed by atoms with Crippen LogP contribution in [0.1, 0.15) is 42.4 Å². The van der Waals surface area contributed by atoms with E-state index in [2.05, 4.69) is 0 Å². The number of ether oxygens (including phenoxy) is 2. The molecule has 1 fully saturated rings. The standard InChI is InChI=1S/C24H28ClNO3/c1-16-8-9-20(25)15-19(16)14-17(2)24(27)26-12-10-18(11-13-26)23-21(28-3)6-5-7-22(23)29-4/h5-9,14-15,18H,10-13H2,1-4H3/b17-14+. The Kier molecular flexibility index (Phi) is 6.86. The minimum atomic E-state index is 0.0785. The van der Waals surface area contributed by atoms with Gasteiger partial charge in [-0.2, -0.15) is 0 Å². The summed E-state index contributed by atoms with van der Waals surface area (Å²) < 4.78 is 11.1. The second kappa shape index (κ2) is 9.36. The van der Waals surface area contributed by atoms with E-state index in [0.29, 0.717) is 24.0 Å². The number of methoxy groups -OCH3 is 2. The molecule has 0 bridgehead atoms. The van der Waals surface area contributed by atoms with Gasteiger partial charge in [-0.1, -0.05) is 23.7 Å². The molecule has 0 aromatic heterocycles. The van der Waals surface area contributed by atoms with Crippen molar-refractivity contribution >= 4 is 23.6 Å². The van der Waals surface area contributed by atoms with Gasteiger partial charge in [-0.25, -0.2) is 0 Å². The summed E-state index contributed by atoms with van der Waals surface area (Å²) >= 11 is 6.11. The average molecular weight is 414 g/mol. The first-order valence-electron chi connectivity index (χ1n) is 9.89. The quantitative estimate of drug-likeness (QED) is 0.609. The summed E-state index contributed by atoms with van der Waals surface area (Å²) in [4.78, 5) is 14.9. The lowest BCUT2D eigenvalue weighted by Gasteiger charge is -2.33. The minimum Gasteiger partial charge on any atom is -0.496 e. The number of likely N-dealkylation sites (tertiary alicyclic amines) is 1. The highest BCUT2D eigenvalue weighted by atomic mass is 35.5. The van der Waals surface area contributed by atoms with E-state index in [1.807, 2.05) is 61.2 Å². The van der Waals surface area contributed by atoms with Crippen molar-refractivity contribution in [1.29, 1.82) is 0 Å². The fourth-order valence-electron chi connectivity index (χ4n) is 3.96. The molecular weight excluding hydrogens is 386 g/mol. The predicted octanol–water partition coefficient (Wildman–Crippen LogP) is 5.48. The summed E-state index contributed by atoms with van der Waals surface area (Å²) in [5, 5.41) is 0.675. The lowest BCUT2D eigenvalue weighted by Crippen LogP contribution is -2.38. The largest absolute Gasteiger partial charge is 0.496 e. The van der Waals surface area contributed by atoms with Gasteiger partial charge in [0.25, 0.3) is 0 Å². The van der Waals surface area contributed by atoms with E-state index in [1.54, 1.807) is 14.2 Å². The summed E-state index contributed by atoms with van der Waals surface area (Å²) in [6.07, 6.45) is 3.69. The van der Waals surface area contributed by atoms with Crippen LogP contribution in [0.15, 0.2) is 42.0 Å². The number of carbonyl (C=O) groups is 1. The minimum absolute atomic E-state index is 0.0785. The molecule has 1 aliphatic heterocycles. The normalized spacial score (nSPS) is 15.3. The maximum atomic E-state index is 13.0. The van der Waals surface area contributed by atoms with Gasteiger partial charge in [-0.15, -0.1) is 0 Å². The monoisotopic (exact) mass is 413 g/mol. The topological polar surface area (TPSA) is 38.8 Å². The Hall–Kier alpha value is -2.46. The lowest BCUT2D eigenvalue weighted by atomic mass is 9.87. The highest BCUT2D eigenvalue weighted by Crippen LogP contribution is 2.40. The first-order valence-corrected chi connectivity index (χ1v) is 10.3. The number of nitrogens with zero attached hydrogens (tertiary/aromatic N) is 1. The molecule has 1 amide bonds. The Bertz CT molecular complexity index is 892. The molecule has 29 heavy (non-hydrogen) atoms. The zero-order valence-corrected chi connectivity index (χ0v) is 18.3. The molecule has 3 rings (SSSR count). The summed E-state index contributed by atoms with van der Waals surface area (Å²) in [6, 6.07) is 11.6. The van der Waals surface area contributed by atoms with Gasteiger partial charge >= 0.3 is 0 Å². The first kappa shape index (κ1) is 21.3. The van der Waals surface area contributed by atoms with E-state index >= 15 is 0 Å². The second-order valence-electron chi connectivity index (χ2n) is 7.47. The van der Waals surface area contributed by atoms with Crippen LogP contribution in [-0.4, -0.2) is 38.1 Å². The number of hydrogen-bond acceptors (Lipinski definition) is 3. The highest BCUT2D eigenvalue weighted by Gasteiger charge is 2.28. The van der Waals surface area contributed by atoms with Crippen LogP contribution in [0.25, 0.3) is 6.08 Å². The van der Waals surface area contributed by atoms with Gasteiger partial charge < -0.3 is 14.4 Å². The number of carbonyl (C=O) groups excluding carboxylic acids is 1. The molecule has 0 spiro atoms. The second-order valence-corrected chi connectivity index (χ2v) is 7.91. The Morgan fingerprint density at radius 2 is 1.72 bits per heavy atom. The van der Waals surface area contributed by atoms with E-state index in [4.69, 9.17) is 21.1 Å². The fraction of sp³-hybridized carbons (Fsp3) is 0.375. The van der Waals surface area contributed by atoms with Gasteiger partial charge in [0.15, 0.2) is 0 Å². The van der Waals surface area contributed by atoms with Crippen LogP contribution in [0.3, 0.4) is 0 Å². The molecule has 2 aromatic rings. The number of aryl methyl sites for hydroxylation is 1. The Balaban J connectivity index is 1.72. The fourth-order valence-corrected chi connectivity index (χ4v) is 4.15. The predicted molar refractivity (Wildman–Crippen MR) is 118 cm³/mol. The van der Waals surface area contributed by atoms with Gasteiger partial charge in [-0.05, 0) is 74.1 Å². The van der Waals surface area contributed by atoms with Crippen molar-refractivity contribution in [3.63, 3.8) is 0 Å². The Labute approximate surface area is 178 Å². The van der Waals surface area contributed by atoms with E-state index < -0.39 is 0 Å². The molecule has 0 N–H and O–H groups in total. The summed E-state index contributed by atoms with van der Waals surface area (Å²) in [6.45, 7) is 5.32. The summed E-state index contributed by atoms with van der Waals surface area (Å²) in [5.74, 6) is 2.09. The van der Waals surface area contributed by atoms with Crippen LogP contribution in [0.5, 0.6) is 11.5 Å². The Morgan fingerprint density at radius 1 is 1.10 bits per heavy atom. The van der Waals surface area contributed by atoms with Crippen LogP contribution in [0.2, 0.25) is 5.02 Å². The molecule has 154 valence electrons. The zero-order chi connectivity index (χ0) is 21.0. The highest BCUT2D eigenvalue weighted by molar-refractivity contribution is 6.30. The van der Waals surface area contributed by atoms with Crippen molar-refractivity contribution in [2.75, 3.05) is 27.3 Å². The van der Waals surface area contributed by atoms with E-state index in [9.17, 15) is 4.79 Å². The third kappa shape index (κ3) is 4.76. The molecule has 0 radical (unpaired) electrons. The molecule has 1 saturated heterocycles. The zero-order valence-electron chi connectivity index (χ0n) is 17.5. The van der Waals surface area contributed by atoms with Crippen molar-refractivity contribution in [1.82, 2.24) is 4.90 Å². The number of benzene rings is 2. The van der Waals surface area contributed by atoms with E-state index in [1.165, 1.54) is 0 Å². The van der Waals surface area contributed by atoms with Crippen molar-refractivity contribution in [3.8, 4) is 11.5 Å². The molecule has 0 unspecified atom stereocenters. The number of rotatable bonds is 5. The van der Waals surface area contributed by atoms with Crippen molar-refractivity contribution in [3.05, 3.63) is 63.7 Å². The van der Waals surface area contributed by atoms with Crippen LogP contribution in [0.4, 0.5) is 0 Å². The van der Waals surface area contributed by atoms with Gasteiger partial charge in [-0.3, -0.25) is 4.79 Å². The molecule has 0 saturated carbocycles. The molecule has 1 heterocycles. The third-order valence-electron chi connectivity index (χ3n) is 5.61. The molecule has 2 aromatic carbocycles. The first-order chi connectivity index (χ1) is 13.9. The SMILES string of the molecule is COc1cccc(OC)c1C1CCN(C(=O)/C(C)=C/c2cc(Cl)ccc2C)CC1. The van der Waals surface area contributed by atoms with Crippen LogP contribution in [-0.2, 0) is 4.79 Å². The molecular formula is C24H28ClNO3. The molecule has 5 heteroatoms. The molecule has 4 nitrogen and oxygen atoms in total. The van der Waals surface area contributed by atoms with Crippen LogP contribution in [0, 0.1) is 6.92 Å².